The molecule has 0 unspecified atom stereocenters. The van der Waals surface area contributed by atoms with Gasteiger partial charge in [0.05, 0.1) is 29.1 Å². The van der Waals surface area contributed by atoms with Gasteiger partial charge in [0.1, 0.15) is 5.65 Å². The number of aromatic nitrogens is 2. The van der Waals surface area contributed by atoms with Gasteiger partial charge in [-0.3, -0.25) is 14.0 Å². The molecule has 0 saturated carbocycles. The van der Waals surface area contributed by atoms with E-state index in [1.807, 2.05) is 0 Å². The third kappa shape index (κ3) is 4.59. The molecule has 0 aliphatic carbocycles. The van der Waals surface area contributed by atoms with Gasteiger partial charge in [-0.1, -0.05) is 11.6 Å². The quantitative estimate of drug-likeness (QED) is 0.444. The highest BCUT2D eigenvalue weighted by Crippen LogP contribution is 2.37. The van der Waals surface area contributed by atoms with Crippen molar-refractivity contribution < 1.29 is 22.4 Å². The molecule has 0 atom stereocenters. The lowest BCUT2D eigenvalue weighted by Crippen LogP contribution is -2.18. The third-order valence-corrected chi connectivity index (χ3v) is 4.69. The van der Waals surface area contributed by atoms with E-state index in [0.29, 0.717) is 10.7 Å². The molecule has 164 valence electrons. The lowest BCUT2D eigenvalue weighted by atomic mass is 10.1. The minimum Gasteiger partial charge on any atom is -0.459 e. The predicted octanol–water partition coefficient (Wildman–Crippen LogP) is 4.82. The van der Waals surface area contributed by atoms with E-state index in [0.717, 1.165) is 6.07 Å². The van der Waals surface area contributed by atoms with Crippen molar-refractivity contribution in [2.24, 2.45) is 0 Å². The largest absolute Gasteiger partial charge is 0.459 e. The Balaban J connectivity index is 1.58. The second-order valence-corrected chi connectivity index (χ2v) is 7.14. The first kappa shape index (κ1) is 21.4. The first-order chi connectivity index (χ1) is 15.2. The molecular formula is C21H14ClF3N4O3. The van der Waals surface area contributed by atoms with Gasteiger partial charge in [-0.2, -0.15) is 13.2 Å². The van der Waals surface area contributed by atoms with Crippen LogP contribution in [-0.4, -0.2) is 15.3 Å². The fraction of sp³-hybridized carbons (Fsp3) is 0.0952. The lowest BCUT2D eigenvalue weighted by molar-refractivity contribution is -0.136. The average Bonchev–Trinajstić information content (AvgIpc) is 3.28. The molecule has 7 nitrogen and oxygen atoms in total. The molecule has 1 amide bonds. The van der Waals surface area contributed by atoms with E-state index < -0.39 is 23.2 Å². The highest BCUT2D eigenvalue weighted by molar-refractivity contribution is 6.30. The number of pyridine rings is 1. The van der Waals surface area contributed by atoms with Crippen molar-refractivity contribution in [1.29, 1.82) is 0 Å². The summed E-state index contributed by atoms with van der Waals surface area (Å²) in [4.78, 5) is 28.5. The fourth-order valence-corrected chi connectivity index (χ4v) is 3.17. The summed E-state index contributed by atoms with van der Waals surface area (Å²) < 4.78 is 47.0. The Labute approximate surface area is 183 Å². The molecule has 4 aromatic rings. The number of carbonyl (C=O) groups is 1. The number of fused-ring (bicyclic) bond motifs is 1. The van der Waals surface area contributed by atoms with E-state index in [2.05, 4.69) is 15.6 Å². The van der Waals surface area contributed by atoms with Crippen molar-refractivity contribution in [3.63, 3.8) is 0 Å². The Kier molecular flexibility index (Phi) is 5.62. The smallest absolute Gasteiger partial charge is 0.418 e. The molecule has 11 heteroatoms. The summed E-state index contributed by atoms with van der Waals surface area (Å²) >= 11 is 5.87. The molecule has 0 saturated heterocycles. The van der Waals surface area contributed by atoms with Crippen LogP contribution in [0, 0.1) is 0 Å². The van der Waals surface area contributed by atoms with Crippen LogP contribution in [0.15, 0.2) is 70.2 Å². The maximum absolute atomic E-state index is 13.6. The SMILES string of the molecule is O=C(Nc1ccc(NCc2cc(=O)n3cc(Cl)ccc3n2)c(C(F)(F)F)c1)c1ccco1. The molecule has 4 rings (SSSR count). The summed E-state index contributed by atoms with van der Waals surface area (Å²) in [6, 6.07) is 10.5. The van der Waals surface area contributed by atoms with Crippen molar-refractivity contribution >= 4 is 34.5 Å². The number of hydrogen-bond acceptors (Lipinski definition) is 5. The Morgan fingerprint density at radius 1 is 1.16 bits per heavy atom. The molecule has 2 N–H and O–H groups in total. The molecular weight excluding hydrogens is 449 g/mol. The standard InChI is InChI=1S/C21H14ClF3N4O3/c22-12-3-6-18-27-14(9-19(30)29(18)11-12)10-26-16-5-4-13(8-15(16)21(23,24)25)28-20(31)17-2-1-7-32-17/h1-9,11,26H,10H2,(H,28,31). The van der Waals surface area contributed by atoms with Gasteiger partial charge in [-0.05, 0) is 42.5 Å². The van der Waals surface area contributed by atoms with Gasteiger partial charge in [0, 0.05) is 23.6 Å². The maximum atomic E-state index is 13.6. The topological polar surface area (TPSA) is 88.6 Å². The highest BCUT2D eigenvalue weighted by atomic mass is 35.5. The summed E-state index contributed by atoms with van der Waals surface area (Å²) in [5.74, 6) is -0.708. The van der Waals surface area contributed by atoms with E-state index in [1.54, 1.807) is 6.07 Å². The predicted molar refractivity (Wildman–Crippen MR) is 112 cm³/mol. The number of alkyl halides is 3. The van der Waals surface area contributed by atoms with Crippen molar-refractivity contribution in [3.05, 3.63) is 93.4 Å². The monoisotopic (exact) mass is 462 g/mol. The van der Waals surface area contributed by atoms with Crippen LogP contribution in [0.3, 0.4) is 0 Å². The van der Waals surface area contributed by atoms with Crippen LogP contribution in [0.4, 0.5) is 24.5 Å². The summed E-state index contributed by atoms with van der Waals surface area (Å²) in [7, 11) is 0. The van der Waals surface area contributed by atoms with Crippen LogP contribution in [0.5, 0.6) is 0 Å². The van der Waals surface area contributed by atoms with Gasteiger partial charge >= 0.3 is 6.18 Å². The Hall–Kier alpha value is -3.79. The Morgan fingerprint density at radius 3 is 2.69 bits per heavy atom. The number of anilines is 2. The molecule has 0 spiro atoms. The molecule has 0 aliphatic rings. The van der Waals surface area contributed by atoms with Crippen LogP contribution in [0.25, 0.3) is 5.65 Å². The van der Waals surface area contributed by atoms with Gasteiger partial charge in [-0.25, -0.2) is 4.98 Å². The van der Waals surface area contributed by atoms with Gasteiger partial charge in [0.2, 0.25) is 0 Å². The second kappa shape index (κ2) is 8.39. The van der Waals surface area contributed by atoms with E-state index >= 15 is 0 Å². The number of hydrogen-bond donors (Lipinski definition) is 2. The van der Waals surface area contributed by atoms with Crippen molar-refractivity contribution in [1.82, 2.24) is 9.38 Å². The molecule has 3 aromatic heterocycles. The third-order valence-electron chi connectivity index (χ3n) is 4.46. The first-order valence-electron chi connectivity index (χ1n) is 9.18. The zero-order valence-electron chi connectivity index (χ0n) is 16.1. The van der Waals surface area contributed by atoms with Crippen LogP contribution >= 0.6 is 11.6 Å². The number of amides is 1. The number of furan rings is 1. The summed E-state index contributed by atoms with van der Waals surface area (Å²) in [5, 5.41) is 5.37. The minimum atomic E-state index is -4.69. The van der Waals surface area contributed by atoms with Gasteiger partial charge in [0.15, 0.2) is 5.76 Å². The molecule has 32 heavy (non-hydrogen) atoms. The van der Waals surface area contributed by atoms with E-state index in [-0.39, 0.29) is 29.4 Å². The number of halogens is 4. The van der Waals surface area contributed by atoms with Crippen molar-refractivity contribution in [2.45, 2.75) is 12.7 Å². The lowest BCUT2D eigenvalue weighted by Gasteiger charge is -2.16. The Bertz CT molecular complexity index is 1350. The van der Waals surface area contributed by atoms with Gasteiger partial charge in [-0.15, -0.1) is 0 Å². The van der Waals surface area contributed by atoms with Gasteiger partial charge in [0.25, 0.3) is 11.5 Å². The first-order valence-corrected chi connectivity index (χ1v) is 9.56. The molecule has 0 fully saturated rings. The van der Waals surface area contributed by atoms with Gasteiger partial charge < -0.3 is 15.1 Å². The number of nitrogens with zero attached hydrogens (tertiary/aromatic N) is 2. The summed E-state index contributed by atoms with van der Waals surface area (Å²) in [6.45, 7) is -0.129. The zero-order valence-corrected chi connectivity index (χ0v) is 16.9. The van der Waals surface area contributed by atoms with Crippen LogP contribution in [0.2, 0.25) is 5.02 Å². The van der Waals surface area contributed by atoms with Crippen LogP contribution in [-0.2, 0) is 12.7 Å². The van der Waals surface area contributed by atoms with E-state index in [9.17, 15) is 22.8 Å². The second-order valence-electron chi connectivity index (χ2n) is 6.70. The van der Waals surface area contributed by atoms with E-state index in [4.69, 9.17) is 16.0 Å². The van der Waals surface area contributed by atoms with Crippen molar-refractivity contribution in [3.8, 4) is 0 Å². The molecule has 0 radical (unpaired) electrons. The zero-order chi connectivity index (χ0) is 22.9. The summed E-state index contributed by atoms with van der Waals surface area (Å²) in [5.41, 5.74) is -1.12. The maximum Gasteiger partial charge on any atom is 0.418 e. The molecule has 3 heterocycles. The van der Waals surface area contributed by atoms with Crippen LogP contribution < -0.4 is 16.2 Å². The molecule has 1 aromatic carbocycles. The Morgan fingerprint density at radius 2 is 1.97 bits per heavy atom. The molecule has 0 aliphatic heterocycles. The fourth-order valence-electron chi connectivity index (χ4n) is 3.01. The average molecular weight is 463 g/mol. The number of rotatable bonds is 5. The molecule has 0 bridgehead atoms. The number of benzene rings is 1. The number of nitrogens with one attached hydrogen (secondary N) is 2. The minimum absolute atomic E-state index is 0.0317. The highest BCUT2D eigenvalue weighted by Gasteiger charge is 2.34. The normalized spacial score (nSPS) is 11.5. The van der Waals surface area contributed by atoms with Crippen LogP contribution in [0.1, 0.15) is 21.8 Å². The number of carbonyl (C=O) groups excluding carboxylic acids is 1. The summed E-state index contributed by atoms with van der Waals surface area (Å²) in [6.07, 6.45) is -2.01. The van der Waals surface area contributed by atoms with Crippen molar-refractivity contribution in [2.75, 3.05) is 10.6 Å². The van der Waals surface area contributed by atoms with E-state index in [1.165, 1.54) is 53.3 Å².